The molecule has 1 saturated carbocycles. The van der Waals surface area contributed by atoms with E-state index in [0.29, 0.717) is 19.6 Å². The summed E-state index contributed by atoms with van der Waals surface area (Å²) in [6, 6.07) is 0.127. The molecule has 0 aromatic rings. The maximum Gasteiger partial charge on any atom is 0.410 e. The third-order valence-electron chi connectivity index (χ3n) is 4.87. The molecule has 3 fully saturated rings. The molecule has 24 heavy (non-hydrogen) atoms. The molecule has 3 aliphatic rings. The summed E-state index contributed by atoms with van der Waals surface area (Å²) in [4.78, 5) is 27.7. The van der Waals surface area contributed by atoms with Gasteiger partial charge in [0.1, 0.15) is 5.60 Å². The van der Waals surface area contributed by atoms with Crippen LogP contribution in [-0.4, -0.2) is 67.2 Å². The minimum Gasteiger partial charge on any atom is -0.444 e. The molecule has 0 aromatic carbocycles. The quantitative estimate of drug-likeness (QED) is 0.762. The summed E-state index contributed by atoms with van der Waals surface area (Å²) in [5.74, 6) is 0.161. The lowest BCUT2D eigenvalue weighted by atomic mass is 10.1. The van der Waals surface area contributed by atoms with Gasteiger partial charge in [-0.05, 0) is 20.8 Å². The zero-order valence-corrected chi connectivity index (χ0v) is 15.1. The van der Waals surface area contributed by atoms with Crippen LogP contribution >= 0.6 is 0 Å². The molecule has 0 bridgehead atoms. The van der Waals surface area contributed by atoms with Crippen LogP contribution in [0.25, 0.3) is 0 Å². The summed E-state index contributed by atoms with van der Waals surface area (Å²) in [6.45, 7) is 7.12. The van der Waals surface area contributed by atoms with E-state index >= 15 is 0 Å². The molecule has 4 atom stereocenters. The zero-order chi connectivity index (χ0) is 17.9. The average Bonchev–Trinajstić information content (AvgIpc) is 2.74. The summed E-state index contributed by atoms with van der Waals surface area (Å²) >= 11 is 0. The van der Waals surface area contributed by atoms with Gasteiger partial charge in [-0.1, -0.05) is 0 Å². The van der Waals surface area contributed by atoms with Crippen molar-refractivity contribution in [2.75, 3.05) is 25.4 Å². The lowest BCUT2D eigenvalue weighted by Gasteiger charge is -2.27. The Kier molecular flexibility index (Phi) is 4.07. The molecular formula is C15H25N3O5S. The second-order valence-electron chi connectivity index (χ2n) is 8.15. The van der Waals surface area contributed by atoms with E-state index in [2.05, 4.69) is 0 Å². The van der Waals surface area contributed by atoms with Gasteiger partial charge in [-0.15, -0.1) is 0 Å². The number of piperidine rings is 1. The van der Waals surface area contributed by atoms with Crippen molar-refractivity contribution in [1.29, 1.82) is 0 Å². The summed E-state index contributed by atoms with van der Waals surface area (Å²) in [5.41, 5.74) is -0.519. The van der Waals surface area contributed by atoms with E-state index < -0.39 is 15.6 Å². The topological polar surface area (TPSA) is 110 Å². The van der Waals surface area contributed by atoms with Crippen molar-refractivity contribution >= 4 is 22.0 Å². The highest BCUT2D eigenvalue weighted by molar-refractivity contribution is 7.89. The molecular weight excluding hydrogens is 334 g/mol. The molecule has 0 radical (unpaired) electrons. The fourth-order valence-corrected chi connectivity index (χ4v) is 4.85. The molecule has 2 amide bonds. The number of likely N-dealkylation sites (tertiary alicyclic amines) is 2. The van der Waals surface area contributed by atoms with Crippen LogP contribution in [-0.2, 0) is 19.6 Å². The molecule has 9 heteroatoms. The first-order valence-electron chi connectivity index (χ1n) is 8.22. The number of carbonyl (C=O) groups is 2. The predicted molar refractivity (Wildman–Crippen MR) is 86.4 cm³/mol. The lowest BCUT2D eigenvalue weighted by Crippen LogP contribution is -2.40. The van der Waals surface area contributed by atoms with Crippen molar-refractivity contribution in [3.05, 3.63) is 0 Å². The van der Waals surface area contributed by atoms with Crippen LogP contribution in [0.5, 0.6) is 0 Å². The fourth-order valence-electron chi connectivity index (χ4n) is 3.97. The van der Waals surface area contributed by atoms with Crippen LogP contribution in [0.1, 0.15) is 27.2 Å². The van der Waals surface area contributed by atoms with Crippen LogP contribution in [0.15, 0.2) is 0 Å². The van der Waals surface area contributed by atoms with Gasteiger partial charge in [0.25, 0.3) is 0 Å². The summed E-state index contributed by atoms with van der Waals surface area (Å²) in [6.07, 6.45) is -0.0735. The molecule has 2 heterocycles. The molecule has 2 unspecified atom stereocenters. The molecule has 2 N–H and O–H groups in total. The van der Waals surface area contributed by atoms with Crippen molar-refractivity contribution in [3.8, 4) is 0 Å². The Labute approximate surface area is 142 Å². The lowest BCUT2D eigenvalue weighted by molar-refractivity contribution is -0.128. The first-order chi connectivity index (χ1) is 10.9. The van der Waals surface area contributed by atoms with Gasteiger partial charge < -0.3 is 14.5 Å². The summed E-state index contributed by atoms with van der Waals surface area (Å²) < 4.78 is 27.8. The third-order valence-corrected chi connectivity index (χ3v) is 5.80. The van der Waals surface area contributed by atoms with E-state index in [1.165, 1.54) is 0 Å². The van der Waals surface area contributed by atoms with Crippen LogP contribution in [0.4, 0.5) is 4.79 Å². The Morgan fingerprint density at radius 2 is 1.83 bits per heavy atom. The van der Waals surface area contributed by atoms with E-state index in [1.807, 2.05) is 20.8 Å². The third kappa shape index (κ3) is 3.66. The number of amides is 2. The van der Waals surface area contributed by atoms with E-state index in [-0.39, 0.29) is 48.0 Å². The number of nitrogens with two attached hydrogens (primary N) is 1. The Bertz CT molecular complexity index is 645. The van der Waals surface area contributed by atoms with Gasteiger partial charge in [-0.3, -0.25) is 4.79 Å². The Morgan fingerprint density at radius 3 is 2.33 bits per heavy atom. The number of carbonyl (C=O) groups excluding carboxylic acids is 2. The van der Waals surface area contributed by atoms with Gasteiger partial charge in [0.05, 0.1) is 5.75 Å². The standard InChI is InChI=1S/C15H25N3O5S/c1-15(2,3)23-14(20)17-6-10-11(7-17)13(10)18-5-9(4-12(18)19)8-24(16,21)22/h9-11,13H,4-8H2,1-3H3,(H2,16,21,22)/t9?,10-,11+,13?. The summed E-state index contributed by atoms with van der Waals surface area (Å²) in [7, 11) is -3.56. The number of sulfonamides is 1. The number of rotatable bonds is 3. The number of ether oxygens (including phenoxy) is 1. The van der Waals surface area contributed by atoms with Gasteiger partial charge >= 0.3 is 6.09 Å². The van der Waals surface area contributed by atoms with Gasteiger partial charge in [0.2, 0.25) is 15.9 Å². The SMILES string of the molecule is CC(C)(C)OC(=O)N1C[C@@H]2C(N3CC(CS(N)(=O)=O)CC3=O)[C@@H]2C1. The second-order valence-corrected chi connectivity index (χ2v) is 9.81. The normalized spacial score (nSPS) is 32.9. The van der Waals surface area contributed by atoms with Crippen molar-refractivity contribution in [2.24, 2.45) is 22.9 Å². The molecule has 0 aromatic heterocycles. The van der Waals surface area contributed by atoms with Gasteiger partial charge in [0.15, 0.2) is 0 Å². The van der Waals surface area contributed by atoms with Crippen LogP contribution < -0.4 is 5.14 Å². The number of hydrogen-bond donors (Lipinski definition) is 1. The minimum atomic E-state index is -3.56. The van der Waals surface area contributed by atoms with Crippen molar-refractivity contribution in [2.45, 2.75) is 38.8 Å². The molecule has 0 spiro atoms. The van der Waals surface area contributed by atoms with Crippen molar-refractivity contribution < 1.29 is 22.7 Å². The highest BCUT2D eigenvalue weighted by Crippen LogP contribution is 2.50. The van der Waals surface area contributed by atoms with Crippen LogP contribution in [0, 0.1) is 17.8 Å². The molecule has 2 aliphatic heterocycles. The zero-order valence-electron chi connectivity index (χ0n) is 14.3. The van der Waals surface area contributed by atoms with Crippen molar-refractivity contribution in [1.82, 2.24) is 9.80 Å². The number of hydrogen-bond acceptors (Lipinski definition) is 5. The monoisotopic (exact) mass is 359 g/mol. The van der Waals surface area contributed by atoms with Crippen LogP contribution in [0.3, 0.4) is 0 Å². The maximum atomic E-state index is 12.2. The molecule has 136 valence electrons. The molecule has 1 aliphatic carbocycles. The number of fused-ring (bicyclic) bond motifs is 1. The van der Waals surface area contributed by atoms with Gasteiger partial charge in [0, 0.05) is 49.9 Å². The van der Waals surface area contributed by atoms with Gasteiger partial charge in [-0.25, -0.2) is 18.4 Å². The second kappa shape index (κ2) is 5.59. The summed E-state index contributed by atoms with van der Waals surface area (Å²) in [5, 5.41) is 5.08. The first-order valence-corrected chi connectivity index (χ1v) is 9.94. The Morgan fingerprint density at radius 1 is 1.25 bits per heavy atom. The molecule has 2 saturated heterocycles. The Hall–Kier alpha value is -1.35. The van der Waals surface area contributed by atoms with E-state index in [4.69, 9.17) is 9.88 Å². The first kappa shape index (κ1) is 17.5. The highest BCUT2D eigenvalue weighted by atomic mass is 32.2. The average molecular weight is 359 g/mol. The maximum absolute atomic E-state index is 12.2. The van der Waals surface area contributed by atoms with E-state index in [0.717, 1.165) is 0 Å². The molecule has 3 rings (SSSR count). The highest BCUT2D eigenvalue weighted by Gasteiger charge is 2.61. The van der Waals surface area contributed by atoms with E-state index in [1.54, 1.807) is 9.80 Å². The van der Waals surface area contributed by atoms with E-state index in [9.17, 15) is 18.0 Å². The van der Waals surface area contributed by atoms with Gasteiger partial charge in [-0.2, -0.15) is 0 Å². The minimum absolute atomic E-state index is 0.00753. The molecule has 8 nitrogen and oxygen atoms in total. The smallest absolute Gasteiger partial charge is 0.410 e. The number of primary sulfonamides is 1. The predicted octanol–water partition coefficient (Wildman–Crippen LogP) is -0.0113. The largest absolute Gasteiger partial charge is 0.444 e. The fraction of sp³-hybridized carbons (Fsp3) is 0.867. The van der Waals surface area contributed by atoms with Crippen molar-refractivity contribution in [3.63, 3.8) is 0 Å². The van der Waals surface area contributed by atoms with Crippen LogP contribution in [0.2, 0.25) is 0 Å². The number of nitrogens with zero attached hydrogens (tertiary/aromatic N) is 2. The Balaban J connectivity index is 1.53.